The van der Waals surface area contributed by atoms with Crippen molar-refractivity contribution in [3.05, 3.63) is 57.1 Å². The van der Waals surface area contributed by atoms with E-state index in [1.807, 2.05) is 18.2 Å². The Kier molecular flexibility index (Phi) is 5.24. The van der Waals surface area contributed by atoms with Crippen LogP contribution in [0.1, 0.15) is 10.4 Å². The van der Waals surface area contributed by atoms with Gasteiger partial charge < -0.3 is 14.2 Å². The van der Waals surface area contributed by atoms with E-state index in [-0.39, 0.29) is 0 Å². The van der Waals surface area contributed by atoms with Crippen molar-refractivity contribution in [3.8, 4) is 17.2 Å². The summed E-state index contributed by atoms with van der Waals surface area (Å²) in [4.78, 5) is 17.0. The molecular weight excluding hydrogens is 454 g/mol. The van der Waals surface area contributed by atoms with E-state index in [1.165, 1.54) is 14.2 Å². The summed E-state index contributed by atoms with van der Waals surface area (Å²) in [6.45, 7) is 0. The zero-order valence-electron chi connectivity index (χ0n) is 13.4. The van der Waals surface area contributed by atoms with Crippen LogP contribution in [-0.4, -0.2) is 25.2 Å². The summed E-state index contributed by atoms with van der Waals surface area (Å²) >= 11 is 6.92. The van der Waals surface area contributed by atoms with Gasteiger partial charge in [-0.15, -0.1) is 0 Å². The maximum Gasteiger partial charge on any atom is 0.343 e. The largest absolute Gasteiger partial charge is 0.497 e. The van der Waals surface area contributed by atoms with Crippen LogP contribution in [0.25, 0.3) is 10.9 Å². The third-order valence-electron chi connectivity index (χ3n) is 3.53. The highest BCUT2D eigenvalue weighted by Gasteiger charge is 2.18. The number of halogens is 2. The van der Waals surface area contributed by atoms with E-state index in [1.54, 1.807) is 24.4 Å². The van der Waals surface area contributed by atoms with Crippen LogP contribution in [0.4, 0.5) is 0 Å². The molecule has 7 heteroatoms. The first-order chi connectivity index (χ1) is 12.0. The fourth-order valence-electron chi connectivity index (χ4n) is 2.32. The van der Waals surface area contributed by atoms with E-state index in [2.05, 4.69) is 36.8 Å². The predicted octanol–water partition coefficient (Wildman–Crippen LogP) is 5.00. The number of carbonyl (C=O) groups is 1. The summed E-state index contributed by atoms with van der Waals surface area (Å²) in [6, 6.07) is 10.4. The Bertz CT molecular complexity index is 937. The highest BCUT2D eigenvalue weighted by atomic mass is 79.9. The Morgan fingerprint density at radius 1 is 1.00 bits per heavy atom. The molecule has 0 radical (unpaired) electrons. The number of esters is 1. The molecule has 0 atom stereocenters. The molecule has 0 aliphatic carbocycles. The van der Waals surface area contributed by atoms with Crippen molar-refractivity contribution in [1.82, 2.24) is 4.98 Å². The number of rotatable bonds is 4. The molecule has 0 saturated heterocycles. The van der Waals surface area contributed by atoms with Gasteiger partial charge in [0.1, 0.15) is 17.0 Å². The summed E-state index contributed by atoms with van der Waals surface area (Å²) in [5.74, 6) is 0.825. The highest BCUT2D eigenvalue weighted by Crippen LogP contribution is 2.37. The van der Waals surface area contributed by atoms with Gasteiger partial charge in [0.05, 0.1) is 24.3 Å². The van der Waals surface area contributed by atoms with E-state index in [0.29, 0.717) is 32.8 Å². The molecule has 5 nitrogen and oxygen atoms in total. The third-order valence-corrected chi connectivity index (χ3v) is 4.78. The van der Waals surface area contributed by atoms with Gasteiger partial charge in [0.25, 0.3) is 0 Å². The lowest BCUT2D eigenvalue weighted by Crippen LogP contribution is -2.10. The molecule has 3 rings (SSSR count). The molecule has 0 aliphatic rings. The second-order valence-corrected chi connectivity index (χ2v) is 6.77. The Morgan fingerprint density at radius 3 is 2.32 bits per heavy atom. The molecule has 0 unspecified atom stereocenters. The molecule has 0 amide bonds. The third kappa shape index (κ3) is 3.62. The summed E-state index contributed by atoms with van der Waals surface area (Å²) in [5.41, 5.74) is 0.891. The monoisotopic (exact) mass is 465 g/mol. The first-order valence-electron chi connectivity index (χ1n) is 7.21. The maximum absolute atomic E-state index is 12.6. The smallest absolute Gasteiger partial charge is 0.343 e. The summed E-state index contributed by atoms with van der Waals surface area (Å²) in [5, 5.41) is 0.844. The minimum absolute atomic E-state index is 0.315. The Morgan fingerprint density at radius 2 is 1.68 bits per heavy atom. The molecule has 0 N–H and O–H groups in total. The average Bonchev–Trinajstić information content (AvgIpc) is 2.64. The van der Waals surface area contributed by atoms with Crippen LogP contribution in [0.2, 0.25) is 0 Å². The Balaban J connectivity index is 2.03. The normalized spacial score (nSPS) is 10.6. The van der Waals surface area contributed by atoms with Crippen molar-refractivity contribution in [2.24, 2.45) is 0 Å². The number of aromatic nitrogens is 1. The van der Waals surface area contributed by atoms with Gasteiger partial charge in [-0.2, -0.15) is 0 Å². The average molecular weight is 467 g/mol. The van der Waals surface area contributed by atoms with E-state index < -0.39 is 5.97 Å². The first-order valence-corrected chi connectivity index (χ1v) is 8.80. The van der Waals surface area contributed by atoms with Crippen LogP contribution < -0.4 is 14.2 Å². The molecule has 25 heavy (non-hydrogen) atoms. The Labute approximate surface area is 161 Å². The maximum atomic E-state index is 12.6. The van der Waals surface area contributed by atoms with Gasteiger partial charge in [-0.3, -0.25) is 4.98 Å². The molecule has 2 aromatic carbocycles. The molecular formula is C18H13Br2NO4. The fraction of sp³-hybridized carbons (Fsp3) is 0.111. The molecule has 1 aromatic heterocycles. The minimum atomic E-state index is -0.535. The van der Waals surface area contributed by atoms with Crippen LogP contribution in [0.3, 0.4) is 0 Å². The predicted molar refractivity (Wildman–Crippen MR) is 102 cm³/mol. The van der Waals surface area contributed by atoms with E-state index in [4.69, 9.17) is 14.2 Å². The van der Waals surface area contributed by atoms with Gasteiger partial charge in [0.2, 0.25) is 0 Å². The van der Waals surface area contributed by atoms with E-state index in [0.717, 1.165) is 9.86 Å². The number of fused-ring (bicyclic) bond motifs is 1. The van der Waals surface area contributed by atoms with Crippen LogP contribution in [0, 0.1) is 0 Å². The van der Waals surface area contributed by atoms with Crippen molar-refractivity contribution in [2.45, 2.75) is 0 Å². The molecule has 0 saturated carbocycles. The quantitative estimate of drug-likeness (QED) is 0.400. The van der Waals surface area contributed by atoms with Gasteiger partial charge in [-0.05, 0) is 40.2 Å². The van der Waals surface area contributed by atoms with Crippen molar-refractivity contribution in [1.29, 1.82) is 0 Å². The highest BCUT2D eigenvalue weighted by molar-refractivity contribution is 9.11. The molecule has 0 bridgehead atoms. The van der Waals surface area contributed by atoms with Crippen molar-refractivity contribution in [3.63, 3.8) is 0 Å². The molecule has 0 aliphatic heterocycles. The lowest BCUT2D eigenvalue weighted by molar-refractivity contribution is 0.0735. The summed E-state index contributed by atoms with van der Waals surface area (Å²) < 4.78 is 17.5. The van der Waals surface area contributed by atoms with Crippen LogP contribution in [-0.2, 0) is 0 Å². The molecule has 128 valence electrons. The number of nitrogens with zero attached hydrogens (tertiary/aromatic N) is 1. The SMILES string of the molecule is COc1cc(OC)cc(C(=O)Oc2c(Br)cc(Br)c3cccnc23)c1. The van der Waals surface area contributed by atoms with Crippen LogP contribution in [0.5, 0.6) is 17.2 Å². The summed E-state index contributed by atoms with van der Waals surface area (Å²) in [7, 11) is 3.04. The fourth-order valence-corrected chi connectivity index (χ4v) is 3.67. The molecule has 1 heterocycles. The number of hydrogen-bond acceptors (Lipinski definition) is 5. The van der Waals surface area contributed by atoms with Gasteiger partial charge in [-0.1, -0.05) is 22.0 Å². The van der Waals surface area contributed by atoms with Gasteiger partial charge in [-0.25, -0.2) is 4.79 Å². The van der Waals surface area contributed by atoms with Gasteiger partial charge >= 0.3 is 5.97 Å². The number of hydrogen-bond donors (Lipinski definition) is 0. The Hall–Kier alpha value is -2.12. The van der Waals surface area contributed by atoms with Crippen LogP contribution >= 0.6 is 31.9 Å². The first kappa shape index (κ1) is 17.7. The molecule has 3 aromatic rings. The number of carbonyl (C=O) groups excluding carboxylic acids is 1. The van der Waals surface area contributed by atoms with Gasteiger partial charge in [0.15, 0.2) is 5.75 Å². The van der Waals surface area contributed by atoms with Crippen molar-refractivity contribution < 1.29 is 19.0 Å². The zero-order valence-corrected chi connectivity index (χ0v) is 16.5. The topological polar surface area (TPSA) is 57.7 Å². The second-order valence-electron chi connectivity index (χ2n) is 5.06. The van der Waals surface area contributed by atoms with Gasteiger partial charge in [0, 0.05) is 22.1 Å². The van der Waals surface area contributed by atoms with E-state index in [9.17, 15) is 4.79 Å². The lowest BCUT2D eigenvalue weighted by Gasteiger charge is -2.12. The number of benzene rings is 2. The molecule has 0 spiro atoms. The number of methoxy groups -OCH3 is 2. The molecule has 0 fully saturated rings. The standard InChI is InChI=1S/C18H13Br2NO4/c1-23-11-6-10(7-12(8-11)24-2)18(22)25-17-15(20)9-14(19)13-4-3-5-21-16(13)17/h3-9H,1-2H3. The van der Waals surface area contributed by atoms with Crippen LogP contribution in [0.15, 0.2) is 51.5 Å². The second kappa shape index (κ2) is 7.41. The summed E-state index contributed by atoms with van der Waals surface area (Å²) in [6.07, 6.45) is 1.65. The number of pyridine rings is 1. The lowest BCUT2D eigenvalue weighted by atomic mass is 10.2. The minimum Gasteiger partial charge on any atom is -0.497 e. The number of ether oxygens (including phenoxy) is 3. The van der Waals surface area contributed by atoms with Crippen molar-refractivity contribution in [2.75, 3.05) is 14.2 Å². The van der Waals surface area contributed by atoms with E-state index >= 15 is 0 Å². The zero-order chi connectivity index (χ0) is 18.0. The van der Waals surface area contributed by atoms with Crippen molar-refractivity contribution >= 4 is 48.7 Å².